The Labute approximate surface area is 165 Å². The van der Waals surface area contributed by atoms with E-state index in [-0.39, 0.29) is 12.2 Å². The Bertz CT molecular complexity index is 1020. The van der Waals surface area contributed by atoms with Gasteiger partial charge >= 0.3 is 5.97 Å². The number of para-hydroxylation sites is 1. The number of aromatic nitrogens is 2. The monoisotopic (exact) mass is 429 g/mol. The quantitative estimate of drug-likeness (QED) is 0.453. The third-order valence-electron chi connectivity index (χ3n) is 4.02. The molecule has 0 aliphatic heterocycles. The highest BCUT2D eigenvalue weighted by atomic mass is 79.9. The van der Waals surface area contributed by atoms with E-state index in [1.807, 2.05) is 12.1 Å². The largest absolute Gasteiger partial charge is 0.456 e. The van der Waals surface area contributed by atoms with Crippen LogP contribution in [0.25, 0.3) is 5.65 Å². The molecular weight excluding hydrogens is 410 g/mol. The van der Waals surface area contributed by atoms with E-state index in [0.717, 1.165) is 29.5 Å². The number of halogens is 1. The van der Waals surface area contributed by atoms with Gasteiger partial charge in [0.2, 0.25) is 0 Å². The summed E-state index contributed by atoms with van der Waals surface area (Å²) in [6.07, 6.45) is 3.74. The number of hydrogen-bond acceptors (Lipinski definition) is 5. The molecule has 140 valence electrons. The van der Waals surface area contributed by atoms with Crippen molar-refractivity contribution in [2.45, 2.75) is 26.4 Å². The summed E-state index contributed by atoms with van der Waals surface area (Å²) in [5.41, 5.74) is 1.89. The van der Waals surface area contributed by atoms with E-state index in [1.165, 1.54) is 10.5 Å². The molecule has 3 aromatic rings. The molecule has 7 heteroatoms. The van der Waals surface area contributed by atoms with Crippen LogP contribution in [0.3, 0.4) is 0 Å². The summed E-state index contributed by atoms with van der Waals surface area (Å²) >= 11 is 3.33. The van der Waals surface area contributed by atoms with Gasteiger partial charge in [-0.3, -0.25) is 9.20 Å². The number of carbonyl (C=O) groups is 1. The summed E-state index contributed by atoms with van der Waals surface area (Å²) in [4.78, 5) is 29.1. The smallest absolute Gasteiger partial charge is 0.340 e. The summed E-state index contributed by atoms with van der Waals surface area (Å²) in [6.45, 7) is 2.84. The first-order chi connectivity index (χ1) is 13.1. The minimum absolute atomic E-state index is 0.0655. The van der Waals surface area contributed by atoms with Gasteiger partial charge in [-0.1, -0.05) is 25.5 Å². The number of nitrogens with one attached hydrogen (secondary N) is 1. The first-order valence-corrected chi connectivity index (χ1v) is 9.55. The van der Waals surface area contributed by atoms with E-state index in [0.29, 0.717) is 16.9 Å². The van der Waals surface area contributed by atoms with E-state index in [2.05, 4.69) is 33.2 Å². The minimum Gasteiger partial charge on any atom is -0.456 e. The molecule has 0 fully saturated rings. The number of pyridine rings is 1. The number of ether oxygens (including phenoxy) is 1. The summed E-state index contributed by atoms with van der Waals surface area (Å²) in [7, 11) is 0. The van der Waals surface area contributed by atoms with Crippen LogP contribution >= 0.6 is 15.9 Å². The Morgan fingerprint density at radius 1 is 1.26 bits per heavy atom. The zero-order chi connectivity index (χ0) is 19.2. The second-order valence-electron chi connectivity index (χ2n) is 6.06. The summed E-state index contributed by atoms with van der Waals surface area (Å²) in [6, 6.07) is 12.1. The number of carbonyl (C=O) groups excluding carboxylic acids is 1. The van der Waals surface area contributed by atoms with Gasteiger partial charge in [-0.25, -0.2) is 9.78 Å². The predicted octanol–water partition coefficient (Wildman–Crippen LogP) is 4.03. The van der Waals surface area contributed by atoms with Crippen LogP contribution in [-0.4, -0.2) is 21.9 Å². The van der Waals surface area contributed by atoms with Gasteiger partial charge in [0.15, 0.2) is 0 Å². The molecule has 0 atom stereocenters. The number of benzene rings is 1. The van der Waals surface area contributed by atoms with Crippen LogP contribution in [0.2, 0.25) is 0 Å². The van der Waals surface area contributed by atoms with Gasteiger partial charge in [0.1, 0.15) is 12.3 Å². The van der Waals surface area contributed by atoms with Gasteiger partial charge in [-0.15, -0.1) is 0 Å². The van der Waals surface area contributed by atoms with Crippen LogP contribution in [0.1, 0.15) is 35.8 Å². The number of nitrogens with zero attached hydrogens (tertiary/aromatic N) is 2. The molecule has 0 bridgehead atoms. The molecule has 0 aliphatic carbocycles. The molecule has 2 aromatic heterocycles. The Kier molecular flexibility index (Phi) is 6.24. The number of esters is 1. The van der Waals surface area contributed by atoms with Crippen LogP contribution in [0.15, 0.2) is 57.9 Å². The Morgan fingerprint density at radius 3 is 2.89 bits per heavy atom. The molecule has 27 heavy (non-hydrogen) atoms. The maximum atomic E-state index is 12.5. The molecule has 0 amide bonds. The SMILES string of the molecule is CCCCNc1ccccc1C(=O)OCc1cc(=O)n2cc(Br)ccc2n1. The van der Waals surface area contributed by atoms with Gasteiger partial charge < -0.3 is 10.1 Å². The molecule has 2 heterocycles. The second-order valence-corrected chi connectivity index (χ2v) is 6.98. The Hall–Kier alpha value is -2.67. The van der Waals surface area contributed by atoms with Gasteiger partial charge in [0, 0.05) is 29.0 Å². The molecule has 0 saturated heterocycles. The van der Waals surface area contributed by atoms with Crippen LogP contribution in [-0.2, 0) is 11.3 Å². The number of hydrogen-bond donors (Lipinski definition) is 1. The van der Waals surface area contributed by atoms with Crippen molar-refractivity contribution in [1.82, 2.24) is 9.38 Å². The van der Waals surface area contributed by atoms with E-state index < -0.39 is 5.97 Å². The highest BCUT2D eigenvalue weighted by molar-refractivity contribution is 9.10. The molecule has 6 nitrogen and oxygen atoms in total. The normalized spacial score (nSPS) is 10.7. The van der Waals surface area contributed by atoms with Gasteiger partial charge in [0.05, 0.1) is 11.3 Å². The van der Waals surface area contributed by atoms with E-state index in [1.54, 1.807) is 30.5 Å². The fourth-order valence-corrected chi connectivity index (χ4v) is 2.97. The summed E-state index contributed by atoms with van der Waals surface area (Å²) in [5, 5.41) is 3.26. The topological polar surface area (TPSA) is 72.7 Å². The predicted molar refractivity (Wildman–Crippen MR) is 108 cm³/mol. The highest BCUT2D eigenvalue weighted by Gasteiger charge is 2.13. The third kappa shape index (κ3) is 4.74. The molecular formula is C20H20BrN3O3. The maximum Gasteiger partial charge on any atom is 0.340 e. The number of unbranched alkanes of at least 4 members (excludes halogenated alkanes) is 1. The first kappa shape index (κ1) is 19.1. The second kappa shape index (κ2) is 8.81. The lowest BCUT2D eigenvalue weighted by Gasteiger charge is -2.11. The molecule has 0 spiro atoms. The number of rotatable bonds is 7. The molecule has 1 N–H and O–H groups in total. The summed E-state index contributed by atoms with van der Waals surface area (Å²) in [5.74, 6) is -0.451. The zero-order valence-electron chi connectivity index (χ0n) is 14.9. The average molecular weight is 430 g/mol. The standard InChI is InChI=1S/C20H20BrN3O3/c1-2-3-10-22-17-7-5-4-6-16(17)20(26)27-13-15-11-19(25)24-12-14(21)8-9-18(24)23-15/h4-9,11-12,22H,2-3,10,13H2,1H3. The van der Waals surface area contributed by atoms with E-state index >= 15 is 0 Å². The van der Waals surface area contributed by atoms with Gasteiger partial charge in [0.25, 0.3) is 5.56 Å². The van der Waals surface area contributed by atoms with Crippen molar-refractivity contribution in [3.63, 3.8) is 0 Å². The highest BCUT2D eigenvalue weighted by Crippen LogP contribution is 2.17. The van der Waals surface area contributed by atoms with E-state index in [4.69, 9.17) is 4.74 Å². The molecule has 0 radical (unpaired) electrons. The van der Waals surface area contributed by atoms with Crippen molar-refractivity contribution in [2.75, 3.05) is 11.9 Å². The van der Waals surface area contributed by atoms with Crippen molar-refractivity contribution in [1.29, 1.82) is 0 Å². The fraction of sp³-hybridized carbons (Fsp3) is 0.250. The van der Waals surface area contributed by atoms with Crippen LogP contribution < -0.4 is 10.9 Å². The lowest BCUT2D eigenvalue weighted by atomic mass is 10.1. The van der Waals surface area contributed by atoms with E-state index in [9.17, 15) is 9.59 Å². The molecule has 0 aliphatic rings. The lowest BCUT2D eigenvalue weighted by Crippen LogP contribution is -2.17. The minimum atomic E-state index is -0.451. The molecule has 0 saturated carbocycles. The zero-order valence-corrected chi connectivity index (χ0v) is 16.5. The van der Waals surface area contributed by atoms with Crippen molar-refractivity contribution >= 4 is 33.2 Å². The molecule has 0 unspecified atom stereocenters. The maximum absolute atomic E-state index is 12.5. The van der Waals surface area contributed by atoms with Crippen molar-refractivity contribution < 1.29 is 9.53 Å². The average Bonchev–Trinajstić information content (AvgIpc) is 2.67. The molecule has 3 rings (SSSR count). The Morgan fingerprint density at radius 2 is 2.07 bits per heavy atom. The van der Waals surface area contributed by atoms with Crippen LogP contribution in [0.5, 0.6) is 0 Å². The Balaban J connectivity index is 1.74. The number of fused-ring (bicyclic) bond motifs is 1. The van der Waals surface area contributed by atoms with Gasteiger partial charge in [-0.2, -0.15) is 0 Å². The van der Waals surface area contributed by atoms with Gasteiger partial charge in [-0.05, 0) is 46.6 Å². The van der Waals surface area contributed by atoms with Crippen molar-refractivity contribution in [2.24, 2.45) is 0 Å². The van der Waals surface area contributed by atoms with Crippen LogP contribution in [0, 0.1) is 0 Å². The summed E-state index contributed by atoms with van der Waals surface area (Å²) < 4.78 is 7.61. The van der Waals surface area contributed by atoms with Crippen molar-refractivity contribution in [3.05, 3.63) is 74.7 Å². The number of anilines is 1. The van der Waals surface area contributed by atoms with Crippen LogP contribution in [0.4, 0.5) is 5.69 Å². The fourth-order valence-electron chi connectivity index (χ4n) is 2.63. The molecule has 1 aromatic carbocycles. The van der Waals surface area contributed by atoms with Crippen molar-refractivity contribution in [3.8, 4) is 0 Å². The lowest BCUT2D eigenvalue weighted by molar-refractivity contribution is 0.0469. The first-order valence-electron chi connectivity index (χ1n) is 8.76. The third-order valence-corrected chi connectivity index (χ3v) is 4.49.